The van der Waals surface area contributed by atoms with Gasteiger partial charge in [0, 0.05) is 31.8 Å². The predicted octanol–water partition coefficient (Wildman–Crippen LogP) is 3.12. The summed E-state index contributed by atoms with van der Waals surface area (Å²) < 4.78 is 28.3. The molecule has 1 atom stereocenters. The van der Waals surface area contributed by atoms with Crippen LogP contribution in [0.15, 0.2) is 12.4 Å². The summed E-state index contributed by atoms with van der Waals surface area (Å²) in [6, 6.07) is -0.220. The number of aromatic nitrogens is 2. The first-order valence-corrected chi connectivity index (χ1v) is 6.68. The Balaban J connectivity index is 2.03. The van der Waals surface area contributed by atoms with E-state index in [0.717, 1.165) is 18.8 Å². The van der Waals surface area contributed by atoms with Gasteiger partial charge in [-0.05, 0) is 25.2 Å². The fraction of sp³-hybridized carbons (Fsp3) is 0.769. The van der Waals surface area contributed by atoms with E-state index in [1.807, 2.05) is 10.8 Å². The summed E-state index contributed by atoms with van der Waals surface area (Å²) in [4.78, 5) is 4.30. The monoisotopic (exact) mass is 257 g/mol. The molecule has 0 aliphatic heterocycles. The molecular weight excluding hydrogens is 236 g/mol. The lowest BCUT2D eigenvalue weighted by atomic mass is 9.82. The molecule has 0 spiro atoms. The first-order chi connectivity index (χ1) is 8.53. The van der Waals surface area contributed by atoms with Gasteiger partial charge < -0.3 is 10.3 Å². The average Bonchev–Trinajstić information content (AvgIpc) is 2.77. The molecule has 1 aliphatic carbocycles. The summed E-state index contributed by atoms with van der Waals surface area (Å²) >= 11 is 0. The van der Waals surface area contributed by atoms with Crippen molar-refractivity contribution in [2.24, 2.45) is 11.7 Å². The topological polar surface area (TPSA) is 43.8 Å². The largest absolute Gasteiger partial charge is 0.334 e. The van der Waals surface area contributed by atoms with Gasteiger partial charge in [0.05, 0.1) is 6.04 Å². The minimum absolute atomic E-state index is 0.0418. The quantitative estimate of drug-likeness (QED) is 0.900. The molecule has 1 aromatic rings. The number of aryl methyl sites for hydroxylation is 1. The third-order valence-corrected chi connectivity index (χ3v) is 3.78. The molecule has 3 nitrogen and oxygen atoms in total. The number of hydrogen-bond acceptors (Lipinski definition) is 2. The normalized spacial score (nSPS) is 22.0. The van der Waals surface area contributed by atoms with E-state index in [-0.39, 0.29) is 24.8 Å². The Labute approximate surface area is 106 Å². The number of nitrogens with two attached hydrogens (primary N) is 1. The number of hydrogen-bond donors (Lipinski definition) is 1. The molecule has 0 radical (unpaired) electrons. The van der Waals surface area contributed by atoms with Crippen LogP contribution in [0, 0.1) is 5.92 Å². The number of halogens is 2. The van der Waals surface area contributed by atoms with Gasteiger partial charge in [-0.1, -0.05) is 6.92 Å². The van der Waals surface area contributed by atoms with Crippen molar-refractivity contribution in [2.75, 3.05) is 0 Å². The SMILES string of the molecule is CCCn1ccnc1C(N)C1CCC(F)(F)CC1. The van der Waals surface area contributed by atoms with Crippen molar-refractivity contribution in [1.82, 2.24) is 9.55 Å². The summed E-state index contributed by atoms with van der Waals surface area (Å²) in [6.45, 7) is 2.97. The number of rotatable bonds is 4. The van der Waals surface area contributed by atoms with E-state index in [9.17, 15) is 8.78 Å². The lowest BCUT2D eigenvalue weighted by Gasteiger charge is -2.31. The van der Waals surface area contributed by atoms with Gasteiger partial charge in [0.2, 0.25) is 5.92 Å². The van der Waals surface area contributed by atoms with Crippen LogP contribution >= 0.6 is 0 Å². The van der Waals surface area contributed by atoms with Gasteiger partial charge in [-0.15, -0.1) is 0 Å². The molecule has 1 aliphatic rings. The maximum atomic E-state index is 13.1. The standard InChI is InChI=1S/C13H21F2N3/c1-2-8-18-9-7-17-12(18)11(16)10-3-5-13(14,15)6-4-10/h7,9-11H,2-6,8,16H2,1H3. The third-order valence-electron chi connectivity index (χ3n) is 3.78. The minimum atomic E-state index is -2.49. The number of alkyl halides is 2. The van der Waals surface area contributed by atoms with Gasteiger partial charge >= 0.3 is 0 Å². The molecule has 1 heterocycles. The molecule has 0 amide bonds. The highest BCUT2D eigenvalue weighted by molar-refractivity contribution is 5.02. The second-order valence-electron chi connectivity index (χ2n) is 5.20. The van der Waals surface area contributed by atoms with Crippen LogP contribution in [0.5, 0.6) is 0 Å². The first kappa shape index (κ1) is 13.5. The average molecular weight is 257 g/mol. The second-order valence-corrected chi connectivity index (χ2v) is 5.20. The Kier molecular flexibility index (Phi) is 4.00. The van der Waals surface area contributed by atoms with Crippen LogP contribution in [0.4, 0.5) is 8.78 Å². The molecule has 0 saturated heterocycles. The van der Waals surface area contributed by atoms with Gasteiger partial charge in [-0.3, -0.25) is 0 Å². The maximum absolute atomic E-state index is 13.1. The van der Waals surface area contributed by atoms with E-state index in [0.29, 0.717) is 12.8 Å². The van der Waals surface area contributed by atoms with E-state index in [1.165, 1.54) is 0 Å². The molecule has 2 N–H and O–H groups in total. The van der Waals surface area contributed by atoms with Crippen molar-refractivity contribution < 1.29 is 8.78 Å². The van der Waals surface area contributed by atoms with Gasteiger partial charge in [-0.25, -0.2) is 13.8 Å². The van der Waals surface area contributed by atoms with Crippen LogP contribution in [0.3, 0.4) is 0 Å². The van der Waals surface area contributed by atoms with Crippen molar-refractivity contribution in [2.45, 2.75) is 57.5 Å². The van der Waals surface area contributed by atoms with E-state index in [4.69, 9.17) is 5.73 Å². The molecule has 2 rings (SSSR count). The van der Waals surface area contributed by atoms with E-state index < -0.39 is 5.92 Å². The fourth-order valence-corrected chi connectivity index (χ4v) is 2.68. The fourth-order valence-electron chi connectivity index (χ4n) is 2.68. The van der Waals surface area contributed by atoms with Gasteiger partial charge in [0.15, 0.2) is 0 Å². The van der Waals surface area contributed by atoms with Gasteiger partial charge in [0.25, 0.3) is 0 Å². The Morgan fingerprint density at radius 1 is 1.50 bits per heavy atom. The summed E-state index contributed by atoms with van der Waals surface area (Å²) in [6.07, 6.45) is 5.57. The second kappa shape index (κ2) is 5.34. The van der Waals surface area contributed by atoms with Crippen LogP contribution in [-0.4, -0.2) is 15.5 Å². The number of imidazole rings is 1. The van der Waals surface area contributed by atoms with Gasteiger partial charge in [0.1, 0.15) is 5.82 Å². The van der Waals surface area contributed by atoms with Crippen molar-refractivity contribution in [3.8, 4) is 0 Å². The Hall–Kier alpha value is -0.970. The Morgan fingerprint density at radius 2 is 2.17 bits per heavy atom. The molecule has 1 aromatic heterocycles. The van der Waals surface area contributed by atoms with Crippen molar-refractivity contribution in [1.29, 1.82) is 0 Å². The zero-order chi connectivity index (χ0) is 13.2. The molecular formula is C13H21F2N3. The highest BCUT2D eigenvalue weighted by Crippen LogP contribution is 2.40. The summed E-state index contributed by atoms with van der Waals surface area (Å²) in [7, 11) is 0. The summed E-state index contributed by atoms with van der Waals surface area (Å²) in [5.41, 5.74) is 6.21. The van der Waals surface area contributed by atoms with Crippen molar-refractivity contribution >= 4 is 0 Å². The van der Waals surface area contributed by atoms with Crippen molar-refractivity contribution in [3.05, 3.63) is 18.2 Å². The van der Waals surface area contributed by atoms with Crippen molar-refractivity contribution in [3.63, 3.8) is 0 Å². The van der Waals surface area contributed by atoms with E-state index in [2.05, 4.69) is 11.9 Å². The molecule has 5 heteroatoms. The third kappa shape index (κ3) is 2.88. The highest BCUT2D eigenvalue weighted by Gasteiger charge is 2.37. The molecule has 0 aromatic carbocycles. The Morgan fingerprint density at radius 3 is 2.78 bits per heavy atom. The first-order valence-electron chi connectivity index (χ1n) is 6.68. The lowest BCUT2D eigenvalue weighted by Crippen LogP contribution is -2.32. The molecule has 18 heavy (non-hydrogen) atoms. The Bertz CT molecular complexity index is 379. The summed E-state index contributed by atoms with van der Waals surface area (Å²) in [5.74, 6) is -1.52. The maximum Gasteiger partial charge on any atom is 0.248 e. The van der Waals surface area contributed by atoms with Crippen LogP contribution in [-0.2, 0) is 6.54 Å². The smallest absolute Gasteiger partial charge is 0.248 e. The summed E-state index contributed by atoms with van der Waals surface area (Å²) in [5, 5.41) is 0. The van der Waals surface area contributed by atoms with Crippen LogP contribution in [0.25, 0.3) is 0 Å². The number of nitrogens with zero attached hydrogens (tertiary/aromatic N) is 2. The molecule has 1 unspecified atom stereocenters. The van der Waals surface area contributed by atoms with E-state index in [1.54, 1.807) is 6.20 Å². The molecule has 1 fully saturated rings. The van der Waals surface area contributed by atoms with Crippen LogP contribution < -0.4 is 5.73 Å². The van der Waals surface area contributed by atoms with Gasteiger partial charge in [-0.2, -0.15) is 0 Å². The molecule has 1 saturated carbocycles. The zero-order valence-corrected chi connectivity index (χ0v) is 10.8. The minimum Gasteiger partial charge on any atom is -0.334 e. The van der Waals surface area contributed by atoms with Crippen LogP contribution in [0.2, 0.25) is 0 Å². The molecule has 102 valence electrons. The lowest BCUT2D eigenvalue weighted by molar-refractivity contribution is -0.0487. The zero-order valence-electron chi connectivity index (χ0n) is 10.8. The highest BCUT2D eigenvalue weighted by atomic mass is 19.3. The molecule has 0 bridgehead atoms. The predicted molar refractivity (Wildman–Crippen MR) is 66.4 cm³/mol. The van der Waals surface area contributed by atoms with Crippen LogP contribution in [0.1, 0.15) is 50.9 Å². The van der Waals surface area contributed by atoms with E-state index >= 15 is 0 Å².